The number of likely N-dealkylation sites (tertiary alicyclic amines) is 1. The van der Waals surface area contributed by atoms with Gasteiger partial charge in [-0.2, -0.15) is 5.10 Å². The van der Waals surface area contributed by atoms with E-state index in [2.05, 4.69) is 10.4 Å². The van der Waals surface area contributed by atoms with Gasteiger partial charge in [0.25, 0.3) is 5.91 Å². The number of amides is 2. The van der Waals surface area contributed by atoms with E-state index in [1.165, 1.54) is 11.6 Å². The highest BCUT2D eigenvalue weighted by molar-refractivity contribution is 6.04. The molecule has 9 heteroatoms. The monoisotopic (exact) mass is 410 g/mol. The standard InChI is InChI=1S/C21H26N6O3/c1-14(22)23-19(28)16-9-7-15(8-10-16)13-26-21(30)27-17(5-4-6-18(27)24-26)20(29)25-11-2-3-12-25/h7-10,17H,2-6,11-13H2,1H3,(H2,22,23,28). The summed E-state index contributed by atoms with van der Waals surface area (Å²) < 4.78 is 2.99. The average Bonchev–Trinajstić information content (AvgIpc) is 3.36. The molecule has 4 rings (SSSR count). The minimum absolute atomic E-state index is 0.0342. The highest BCUT2D eigenvalue weighted by Crippen LogP contribution is 2.25. The van der Waals surface area contributed by atoms with Gasteiger partial charge in [-0.1, -0.05) is 12.1 Å². The summed E-state index contributed by atoms with van der Waals surface area (Å²) in [5.41, 5.74) is 1.01. The van der Waals surface area contributed by atoms with Crippen molar-refractivity contribution < 1.29 is 9.59 Å². The molecule has 1 atom stereocenters. The number of hydrogen-bond acceptors (Lipinski definition) is 5. The van der Waals surface area contributed by atoms with E-state index in [1.807, 2.05) is 4.90 Å². The first kappa shape index (κ1) is 20.1. The van der Waals surface area contributed by atoms with Crippen LogP contribution >= 0.6 is 0 Å². The van der Waals surface area contributed by atoms with Crippen LogP contribution in [0.2, 0.25) is 0 Å². The Bertz CT molecular complexity index is 1030. The van der Waals surface area contributed by atoms with Gasteiger partial charge in [-0.15, -0.1) is 0 Å². The van der Waals surface area contributed by atoms with Gasteiger partial charge in [0.15, 0.2) is 0 Å². The molecule has 0 spiro atoms. The molecule has 2 aliphatic rings. The Kier molecular flexibility index (Phi) is 5.52. The second-order valence-corrected chi connectivity index (χ2v) is 7.94. The number of nitrogens with one attached hydrogen (secondary N) is 2. The van der Waals surface area contributed by atoms with E-state index in [0.29, 0.717) is 24.2 Å². The second kappa shape index (κ2) is 8.25. The van der Waals surface area contributed by atoms with Crippen molar-refractivity contribution in [2.45, 2.75) is 51.6 Å². The smallest absolute Gasteiger partial charge is 0.341 e. The zero-order valence-electron chi connectivity index (χ0n) is 17.1. The summed E-state index contributed by atoms with van der Waals surface area (Å²) in [7, 11) is 0. The molecule has 0 radical (unpaired) electrons. The normalized spacial score (nSPS) is 18.2. The molecule has 0 saturated carbocycles. The Morgan fingerprint density at radius 1 is 1.17 bits per heavy atom. The fourth-order valence-corrected chi connectivity index (χ4v) is 4.19. The Morgan fingerprint density at radius 3 is 2.53 bits per heavy atom. The summed E-state index contributed by atoms with van der Waals surface area (Å²) in [5, 5.41) is 14.3. The minimum atomic E-state index is -0.455. The summed E-state index contributed by atoms with van der Waals surface area (Å²) >= 11 is 0. The lowest BCUT2D eigenvalue weighted by Crippen LogP contribution is -2.41. The minimum Gasteiger partial charge on any atom is -0.341 e. The van der Waals surface area contributed by atoms with Gasteiger partial charge in [-0.3, -0.25) is 19.6 Å². The number of aromatic nitrogens is 3. The number of amidine groups is 1. The predicted octanol–water partition coefficient (Wildman–Crippen LogP) is 1.32. The molecule has 2 aliphatic heterocycles. The maximum Gasteiger partial charge on any atom is 0.346 e. The Balaban J connectivity index is 1.54. The van der Waals surface area contributed by atoms with E-state index >= 15 is 0 Å². The van der Waals surface area contributed by atoms with Crippen LogP contribution in [0.1, 0.15) is 60.4 Å². The molecular weight excluding hydrogens is 384 g/mol. The van der Waals surface area contributed by atoms with Crippen molar-refractivity contribution in [2.24, 2.45) is 0 Å². The summed E-state index contributed by atoms with van der Waals surface area (Å²) in [5.74, 6) is 0.442. The maximum atomic E-state index is 13.0. The van der Waals surface area contributed by atoms with Crippen LogP contribution < -0.4 is 11.0 Å². The molecule has 1 fully saturated rings. The lowest BCUT2D eigenvalue weighted by atomic mass is 10.0. The summed E-state index contributed by atoms with van der Waals surface area (Å²) in [6.07, 6.45) is 4.25. The molecule has 0 aliphatic carbocycles. The van der Waals surface area contributed by atoms with Crippen LogP contribution in [-0.2, 0) is 17.8 Å². The van der Waals surface area contributed by atoms with Crippen LogP contribution in [0.25, 0.3) is 0 Å². The van der Waals surface area contributed by atoms with Gasteiger partial charge in [0.1, 0.15) is 11.9 Å². The summed E-state index contributed by atoms with van der Waals surface area (Å²) in [6, 6.07) is 6.41. The van der Waals surface area contributed by atoms with E-state index < -0.39 is 6.04 Å². The van der Waals surface area contributed by atoms with E-state index in [1.54, 1.807) is 28.8 Å². The number of nitrogens with zero attached hydrogens (tertiary/aromatic N) is 4. The number of hydrogen-bond donors (Lipinski definition) is 2. The molecule has 1 aromatic carbocycles. The van der Waals surface area contributed by atoms with Crippen LogP contribution in [0.5, 0.6) is 0 Å². The van der Waals surface area contributed by atoms with Crippen molar-refractivity contribution in [2.75, 3.05) is 13.1 Å². The fourth-order valence-electron chi connectivity index (χ4n) is 4.19. The van der Waals surface area contributed by atoms with Gasteiger partial charge in [0, 0.05) is 25.1 Å². The molecular formula is C21H26N6O3. The molecule has 1 aromatic heterocycles. The summed E-state index contributed by atoms with van der Waals surface area (Å²) in [4.78, 5) is 39.8. The van der Waals surface area contributed by atoms with Crippen LogP contribution in [0.15, 0.2) is 29.1 Å². The fraction of sp³-hybridized carbons (Fsp3) is 0.476. The first-order valence-electron chi connectivity index (χ1n) is 10.4. The quantitative estimate of drug-likeness (QED) is 0.585. The lowest BCUT2D eigenvalue weighted by Gasteiger charge is -2.27. The van der Waals surface area contributed by atoms with Crippen molar-refractivity contribution in [3.05, 3.63) is 51.7 Å². The molecule has 1 unspecified atom stereocenters. The molecule has 9 nitrogen and oxygen atoms in total. The highest BCUT2D eigenvalue weighted by atomic mass is 16.2. The van der Waals surface area contributed by atoms with Crippen LogP contribution in [0.3, 0.4) is 0 Å². The van der Waals surface area contributed by atoms with Crippen molar-refractivity contribution >= 4 is 17.6 Å². The van der Waals surface area contributed by atoms with Crippen LogP contribution in [0.4, 0.5) is 0 Å². The number of benzene rings is 1. The van der Waals surface area contributed by atoms with Crippen molar-refractivity contribution in [1.82, 2.24) is 24.6 Å². The molecule has 30 heavy (non-hydrogen) atoms. The summed E-state index contributed by atoms with van der Waals surface area (Å²) in [6.45, 7) is 3.31. The lowest BCUT2D eigenvalue weighted by molar-refractivity contribution is -0.134. The molecule has 2 aromatic rings. The third kappa shape index (κ3) is 3.92. The van der Waals surface area contributed by atoms with Gasteiger partial charge in [0.05, 0.1) is 12.4 Å². The number of aryl methyl sites for hydroxylation is 1. The van der Waals surface area contributed by atoms with Gasteiger partial charge in [-0.25, -0.2) is 9.48 Å². The molecule has 3 heterocycles. The molecule has 158 valence electrons. The van der Waals surface area contributed by atoms with Crippen molar-refractivity contribution in [3.63, 3.8) is 0 Å². The second-order valence-electron chi connectivity index (χ2n) is 7.94. The average molecular weight is 410 g/mol. The van der Waals surface area contributed by atoms with Gasteiger partial charge in [0.2, 0.25) is 5.91 Å². The number of carbonyl (C=O) groups excluding carboxylic acids is 2. The van der Waals surface area contributed by atoms with Gasteiger partial charge in [-0.05, 0) is 50.3 Å². The van der Waals surface area contributed by atoms with Crippen LogP contribution in [-0.4, -0.2) is 50.0 Å². The SMILES string of the molecule is CC(=N)NC(=O)c1ccc(Cn2nc3n(c2=O)C(C(=O)N2CCCC2)CCC3)cc1. The van der Waals surface area contributed by atoms with Crippen molar-refractivity contribution in [1.29, 1.82) is 5.41 Å². The van der Waals surface area contributed by atoms with E-state index in [4.69, 9.17) is 5.41 Å². The number of rotatable bonds is 4. The van der Waals surface area contributed by atoms with Crippen LogP contribution in [0, 0.1) is 5.41 Å². The Labute approximate surface area is 174 Å². The molecule has 2 amide bonds. The predicted molar refractivity (Wildman–Crippen MR) is 111 cm³/mol. The topological polar surface area (TPSA) is 113 Å². The maximum absolute atomic E-state index is 13.0. The molecule has 0 bridgehead atoms. The van der Waals surface area contributed by atoms with Gasteiger partial charge < -0.3 is 10.2 Å². The third-order valence-corrected chi connectivity index (χ3v) is 5.68. The Morgan fingerprint density at radius 2 is 1.87 bits per heavy atom. The number of fused-ring (bicyclic) bond motifs is 1. The van der Waals surface area contributed by atoms with E-state index in [-0.39, 0.29) is 29.9 Å². The third-order valence-electron chi connectivity index (χ3n) is 5.68. The van der Waals surface area contributed by atoms with E-state index in [0.717, 1.165) is 37.9 Å². The first-order chi connectivity index (χ1) is 14.4. The zero-order valence-corrected chi connectivity index (χ0v) is 17.1. The van der Waals surface area contributed by atoms with Gasteiger partial charge >= 0.3 is 5.69 Å². The number of carbonyl (C=O) groups is 2. The first-order valence-corrected chi connectivity index (χ1v) is 10.4. The highest BCUT2D eigenvalue weighted by Gasteiger charge is 2.34. The molecule has 1 saturated heterocycles. The Hall–Kier alpha value is -3.23. The van der Waals surface area contributed by atoms with Crippen molar-refractivity contribution in [3.8, 4) is 0 Å². The zero-order chi connectivity index (χ0) is 21.3. The largest absolute Gasteiger partial charge is 0.346 e. The van der Waals surface area contributed by atoms with E-state index in [9.17, 15) is 14.4 Å². The molecule has 2 N–H and O–H groups in total.